The average Bonchev–Trinajstić information content (AvgIpc) is 2.92. The van der Waals surface area contributed by atoms with Gasteiger partial charge in [-0.1, -0.05) is 0 Å². The zero-order valence-electron chi connectivity index (χ0n) is 12.4. The lowest BCUT2D eigenvalue weighted by Crippen LogP contribution is -2.43. The van der Waals surface area contributed by atoms with Crippen LogP contribution < -0.4 is 5.73 Å². The van der Waals surface area contributed by atoms with Gasteiger partial charge in [0.15, 0.2) is 0 Å². The number of likely N-dealkylation sites (tertiary alicyclic amines) is 1. The Balaban J connectivity index is 1.97. The van der Waals surface area contributed by atoms with E-state index in [-0.39, 0.29) is 11.9 Å². The molecule has 1 unspecified atom stereocenters. The molecule has 0 aliphatic carbocycles. The van der Waals surface area contributed by atoms with Crippen LogP contribution in [0.4, 0.5) is 0 Å². The van der Waals surface area contributed by atoms with Gasteiger partial charge in [0.1, 0.15) is 5.69 Å². The zero-order chi connectivity index (χ0) is 14.5. The highest BCUT2D eigenvalue weighted by Crippen LogP contribution is 2.21. The van der Waals surface area contributed by atoms with Gasteiger partial charge in [-0.25, -0.2) is 0 Å². The third kappa shape index (κ3) is 3.41. The van der Waals surface area contributed by atoms with Crippen LogP contribution in [0.1, 0.15) is 30.3 Å². The topological polar surface area (TPSA) is 60.5 Å². The third-order valence-electron chi connectivity index (χ3n) is 4.16. The van der Waals surface area contributed by atoms with Gasteiger partial charge < -0.3 is 19.9 Å². The number of methoxy groups -OCH3 is 1. The van der Waals surface area contributed by atoms with Crippen LogP contribution in [0.5, 0.6) is 0 Å². The summed E-state index contributed by atoms with van der Waals surface area (Å²) in [5.41, 5.74) is 6.69. The van der Waals surface area contributed by atoms with Gasteiger partial charge in [0.05, 0.1) is 6.61 Å². The van der Waals surface area contributed by atoms with E-state index in [1.807, 2.05) is 27.8 Å². The van der Waals surface area contributed by atoms with Crippen molar-refractivity contribution >= 4 is 5.91 Å². The van der Waals surface area contributed by atoms with Crippen LogP contribution in [0, 0.1) is 5.92 Å². The molecule has 5 nitrogen and oxygen atoms in total. The largest absolute Gasteiger partial charge is 0.383 e. The Labute approximate surface area is 120 Å². The first kappa shape index (κ1) is 15.1. The molecule has 2 heterocycles. The molecule has 2 N–H and O–H groups in total. The Kier molecular flexibility index (Phi) is 5.20. The number of amides is 1. The number of nitrogens with zero attached hydrogens (tertiary/aromatic N) is 2. The fourth-order valence-corrected chi connectivity index (χ4v) is 2.78. The number of nitrogens with two attached hydrogens (primary N) is 1. The van der Waals surface area contributed by atoms with Gasteiger partial charge in [-0.3, -0.25) is 4.79 Å². The van der Waals surface area contributed by atoms with Gasteiger partial charge in [0.2, 0.25) is 0 Å². The summed E-state index contributed by atoms with van der Waals surface area (Å²) in [7, 11) is 1.67. The van der Waals surface area contributed by atoms with E-state index in [2.05, 4.69) is 6.92 Å². The molecule has 1 amide bonds. The summed E-state index contributed by atoms with van der Waals surface area (Å²) in [6.45, 7) is 4.99. The molecular formula is C15H25N3O2. The van der Waals surface area contributed by atoms with Crippen LogP contribution in [0.2, 0.25) is 0 Å². The van der Waals surface area contributed by atoms with E-state index in [0.29, 0.717) is 19.1 Å². The van der Waals surface area contributed by atoms with Crippen LogP contribution >= 0.6 is 0 Å². The Morgan fingerprint density at radius 2 is 2.20 bits per heavy atom. The second kappa shape index (κ2) is 6.90. The van der Waals surface area contributed by atoms with Gasteiger partial charge in [0.25, 0.3) is 5.91 Å². The monoisotopic (exact) mass is 279 g/mol. The first-order chi connectivity index (χ1) is 9.63. The number of hydrogen-bond donors (Lipinski definition) is 1. The lowest BCUT2D eigenvalue weighted by molar-refractivity contribution is 0.0668. The predicted molar refractivity (Wildman–Crippen MR) is 78.6 cm³/mol. The molecule has 0 radical (unpaired) electrons. The molecule has 1 aliphatic heterocycles. The Morgan fingerprint density at radius 3 is 2.80 bits per heavy atom. The molecule has 112 valence electrons. The van der Waals surface area contributed by atoms with Crippen molar-refractivity contribution in [3.8, 4) is 0 Å². The normalized spacial score (nSPS) is 18.2. The molecule has 1 atom stereocenters. The summed E-state index contributed by atoms with van der Waals surface area (Å²) >= 11 is 0. The zero-order valence-corrected chi connectivity index (χ0v) is 12.4. The molecular weight excluding hydrogens is 254 g/mol. The third-order valence-corrected chi connectivity index (χ3v) is 4.16. The second-order valence-corrected chi connectivity index (χ2v) is 5.57. The molecule has 0 aromatic carbocycles. The number of ether oxygens (including phenoxy) is 1. The number of rotatable bonds is 5. The van der Waals surface area contributed by atoms with Crippen molar-refractivity contribution in [2.24, 2.45) is 11.7 Å². The molecule has 0 bridgehead atoms. The molecule has 0 spiro atoms. The Hall–Kier alpha value is -1.33. The Morgan fingerprint density at radius 1 is 1.50 bits per heavy atom. The minimum atomic E-state index is 0.120. The quantitative estimate of drug-likeness (QED) is 0.884. The van der Waals surface area contributed by atoms with Crippen LogP contribution in [0.15, 0.2) is 18.3 Å². The van der Waals surface area contributed by atoms with Gasteiger partial charge in [-0.05, 0) is 37.8 Å². The highest BCUT2D eigenvalue weighted by Gasteiger charge is 2.26. The highest BCUT2D eigenvalue weighted by molar-refractivity contribution is 5.92. The van der Waals surface area contributed by atoms with Crippen molar-refractivity contribution in [1.29, 1.82) is 0 Å². The SMILES string of the molecule is COCCn1cccc1C(=O)N1CCC(C(C)N)CC1. The van der Waals surface area contributed by atoms with Crippen molar-refractivity contribution in [1.82, 2.24) is 9.47 Å². The lowest BCUT2D eigenvalue weighted by atomic mass is 9.91. The van der Waals surface area contributed by atoms with Crippen LogP contribution in [-0.2, 0) is 11.3 Å². The van der Waals surface area contributed by atoms with E-state index in [1.54, 1.807) is 7.11 Å². The molecule has 1 aromatic rings. The van der Waals surface area contributed by atoms with Gasteiger partial charge in [-0.15, -0.1) is 0 Å². The smallest absolute Gasteiger partial charge is 0.270 e. The fourth-order valence-electron chi connectivity index (χ4n) is 2.78. The number of aromatic nitrogens is 1. The standard InChI is InChI=1S/C15H25N3O2/c1-12(16)13-5-8-18(9-6-13)15(19)14-4-3-7-17(14)10-11-20-2/h3-4,7,12-13H,5-6,8-11,16H2,1-2H3. The Bertz CT molecular complexity index is 434. The van der Waals surface area contributed by atoms with Crippen molar-refractivity contribution in [2.75, 3.05) is 26.8 Å². The summed E-state index contributed by atoms with van der Waals surface area (Å²) in [5, 5.41) is 0. The molecule has 0 saturated carbocycles. The van der Waals surface area contributed by atoms with Gasteiger partial charge in [0, 0.05) is 39.0 Å². The molecule has 1 saturated heterocycles. The summed E-state index contributed by atoms with van der Waals surface area (Å²) in [6.07, 6.45) is 3.94. The molecule has 1 aliphatic rings. The van der Waals surface area contributed by atoms with Gasteiger partial charge in [-0.2, -0.15) is 0 Å². The van der Waals surface area contributed by atoms with Gasteiger partial charge >= 0.3 is 0 Å². The minimum Gasteiger partial charge on any atom is -0.383 e. The molecule has 1 fully saturated rings. The van der Waals surface area contributed by atoms with E-state index in [0.717, 1.165) is 31.6 Å². The molecule has 20 heavy (non-hydrogen) atoms. The first-order valence-electron chi connectivity index (χ1n) is 7.32. The highest BCUT2D eigenvalue weighted by atomic mass is 16.5. The van der Waals surface area contributed by atoms with Crippen LogP contribution in [0.3, 0.4) is 0 Å². The fraction of sp³-hybridized carbons (Fsp3) is 0.667. The van der Waals surface area contributed by atoms with Crippen molar-refractivity contribution in [3.05, 3.63) is 24.0 Å². The van der Waals surface area contributed by atoms with Crippen molar-refractivity contribution in [2.45, 2.75) is 32.4 Å². The van der Waals surface area contributed by atoms with Crippen LogP contribution in [-0.4, -0.2) is 48.2 Å². The summed E-state index contributed by atoms with van der Waals surface area (Å²) in [5.74, 6) is 0.661. The lowest BCUT2D eigenvalue weighted by Gasteiger charge is -2.33. The molecule has 1 aromatic heterocycles. The average molecular weight is 279 g/mol. The maximum atomic E-state index is 12.6. The molecule has 2 rings (SSSR count). The first-order valence-corrected chi connectivity index (χ1v) is 7.32. The number of carbonyl (C=O) groups is 1. The minimum absolute atomic E-state index is 0.120. The maximum absolute atomic E-state index is 12.6. The van der Waals surface area contributed by atoms with E-state index in [9.17, 15) is 4.79 Å². The second-order valence-electron chi connectivity index (χ2n) is 5.57. The van der Waals surface area contributed by atoms with Crippen LogP contribution in [0.25, 0.3) is 0 Å². The number of carbonyl (C=O) groups excluding carboxylic acids is 1. The van der Waals surface area contributed by atoms with E-state index >= 15 is 0 Å². The van der Waals surface area contributed by atoms with Crippen molar-refractivity contribution < 1.29 is 9.53 Å². The summed E-state index contributed by atoms with van der Waals surface area (Å²) in [6, 6.07) is 4.02. The maximum Gasteiger partial charge on any atom is 0.270 e. The summed E-state index contributed by atoms with van der Waals surface area (Å²) in [4.78, 5) is 14.5. The summed E-state index contributed by atoms with van der Waals surface area (Å²) < 4.78 is 7.04. The predicted octanol–water partition coefficient (Wildman–Crippen LogP) is 1.33. The number of piperidine rings is 1. The van der Waals surface area contributed by atoms with E-state index in [1.165, 1.54) is 0 Å². The van der Waals surface area contributed by atoms with E-state index in [4.69, 9.17) is 10.5 Å². The molecule has 5 heteroatoms. The van der Waals surface area contributed by atoms with Crippen molar-refractivity contribution in [3.63, 3.8) is 0 Å². The number of hydrogen-bond acceptors (Lipinski definition) is 3. The van der Waals surface area contributed by atoms with E-state index < -0.39 is 0 Å².